The van der Waals surface area contributed by atoms with E-state index in [0.29, 0.717) is 12.1 Å². The van der Waals surface area contributed by atoms with Crippen LogP contribution in [-0.4, -0.2) is 38.3 Å². The van der Waals surface area contributed by atoms with Crippen LogP contribution in [0, 0.1) is 10.1 Å². The van der Waals surface area contributed by atoms with Gasteiger partial charge >= 0.3 is 0 Å². The number of nitrogens with zero attached hydrogens (tertiary/aromatic N) is 4. The molecule has 1 N–H and O–H groups in total. The molecule has 0 spiro atoms. The second-order valence-corrected chi connectivity index (χ2v) is 5.43. The molecule has 1 heterocycles. The molecule has 2 aromatic rings. The Morgan fingerprint density at radius 1 is 1.45 bits per heavy atom. The van der Waals surface area contributed by atoms with Gasteiger partial charge in [0, 0.05) is 43.5 Å². The molecule has 2 unspecified atom stereocenters. The van der Waals surface area contributed by atoms with E-state index in [1.807, 2.05) is 32.1 Å². The Morgan fingerprint density at radius 2 is 2.18 bits per heavy atom. The lowest BCUT2D eigenvalue weighted by molar-refractivity contribution is -0.385. The van der Waals surface area contributed by atoms with E-state index in [2.05, 4.69) is 5.10 Å². The largest absolute Gasteiger partial charge is 0.387 e. The summed E-state index contributed by atoms with van der Waals surface area (Å²) in [7, 11) is 3.76. The van der Waals surface area contributed by atoms with Crippen LogP contribution in [0.5, 0.6) is 0 Å². The zero-order valence-corrected chi connectivity index (χ0v) is 12.9. The van der Waals surface area contributed by atoms with Gasteiger partial charge in [-0.3, -0.25) is 19.7 Å². The highest BCUT2D eigenvalue weighted by Crippen LogP contribution is 2.23. The van der Waals surface area contributed by atoms with Crippen molar-refractivity contribution in [3.8, 4) is 0 Å². The number of non-ortho nitro benzene ring substituents is 1. The number of benzene rings is 1. The number of aryl methyl sites for hydroxylation is 1. The van der Waals surface area contributed by atoms with Crippen LogP contribution in [0.15, 0.2) is 36.7 Å². The number of aliphatic hydroxyl groups is 1. The van der Waals surface area contributed by atoms with E-state index in [1.165, 1.54) is 12.1 Å². The summed E-state index contributed by atoms with van der Waals surface area (Å²) in [6.07, 6.45) is 2.94. The van der Waals surface area contributed by atoms with Crippen molar-refractivity contribution in [2.24, 2.45) is 7.05 Å². The maximum absolute atomic E-state index is 10.8. The fourth-order valence-corrected chi connectivity index (χ4v) is 2.29. The molecule has 0 aliphatic heterocycles. The van der Waals surface area contributed by atoms with E-state index in [1.54, 1.807) is 23.0 Å². The van der Waals surface area contributed by atoms with Gasteiger partial charge in [-0.05, 0) is 19.5 Å². The van der Waals surface area contributed by atoms with Crippen LogP contribution in [0.25, 0.3) is 0 Å². The Labute approximate surface area is 128 Å². The van der Waals surface area contributed by atoms with E-state index >= 15 is 0 Å². The normalized spacial score (nSPS) is 14.0. The Morgan fingerprint density at radius 3 is 2.77 bits per heavy atom. The van der Waals surface area contributed by atoms with Gasteiger partial charge in [-0.15, -0.1) is 0 Å². The maximum Gasteiger partial charge on any atom is 0.269 e. The zero-order valence-electron chi connectivity index (χ0n) is 12.9. The number of nitro groups is 1. The van der Waals surface area contributed by atoms with Gasteiger partial charge < -0.3 is 5.11 Å². The minimum absolute atomic E-state index is 0.0143. The third-order valence-electron chi connectivity index (χ3n) is 3.80. The molecule has 1 aromatic heterocycles. The van der Waals surface area contributed by atoms with Crippen molar-refractivity contribution in [3.05, 3.63) is 57.9 Å². The molecule has 0 radical (unpaired) electrons. The van der Waals surface area contributed by atoms with Gasteiger partial charge in [-0.1, -0.05) is 12.1 Å². The third kappa shape index (κ3) is 3.69. The van der Waals surface area contributed by atoms with Gasteiger partial charge in [-0.2, -0.15) is 5.10 Å². The second-order valence-electron chi connectivity index (χ2n) is 5.43. The number of hydrogen-bond donors (Lipinski definition) is 1. The summed E-state index contributed by atoms with van der Waals surface area (Å²) < 4.78 is 1.73. The summed E-state index contributed by atoms with van der Waals surface area (Å²) >= 11 is 0. The monoisotopic (exact) mass is 304 g/mol. The smallest absolute Gasteiger partial charge is 0.269 e. The van der Waals surface area contributed by atoms with Crippen LogP contribution >= 0.6 is 0 Å². The Kier molecular flexibility index (Phi) is 4.89. The van der Waals surface area contributed by atoms with Crippen LogP contribution in [0.2, 0.25) is 0 Å². The van der Waals surface area contributed by atoms with Gasteiger partial charge in [0.25, 0.3) is 5.69 Å². The molecule has 0 bridgehead atoms. The van der Waals surface area contributed by atoms with Crippen molar-refractivity contribution in [2.75, 3.05) is 13.6 Å². The highest BCUT2D eigenvalue weighted by atomic mass is 16.6. The van der Waals surface area contributed by atoms with Gasteiger partial charge in [-0.25, -0.2) is 0 Å². The molecule has 7 heteroatoms. The van der Waals surface area contributed by atoms with E-state index in [4.69, 9.17) is 0 Å². The minimum atomic E-state index is -0.788. The molecule has 0 fully saturated rings. The van der Waals surface area contributed by atoms with E-state index in [0.717, 1.165) is 5.56 Å². The van der Waals surface area contributed by atoms with Crippen molar-refractivity contribution in [1.82, 2.24) is 14.7 Å². The number of rotatable bonds is 6. The molecule has 1 aromatic carbocycles. The van der Waals surface area contributed by atoms with Crippen LogP contribution in [0.4, 0.5) is 5.69 Å². The van der Waals surface area contributed by atoms with E-state index in [-0.39, 0.29) is 11.7 Å². The predicted octanol–water partition coefficient (Wildman–Crippen LogP) is 2.05. The lowest BCUT2D eigenvalue weighted by Gasteiger charge is -2.26. The standard InChI is InChI=1S/C15H20N4O3/c1-11(13-8-16-18(3)9-13)17(2)10-15(20)12-5-4-6-14(7-12)19(21)22/h4-9,11,15,20H,10H2,1-3H3. The van der Waals surface area contributed by atoms with Crippen LogP contribution in [-0.2, 0) is 7.05 Å². The van der Waals surface area contributed by atoms with Gasteiger partial charge in [0.05, 0.1) is 17.2 Å². The first-order valence-electron chi connectivity index (χ1n) is 6.99. The van der Waals surface area contributed by atoms with Crippen LogP contribution < -0.4 is 0 Å². The lowest BCUT2D eigenvalue weighted by Crippen LogP contribution is -2.27. The molecule has 0 aliphatic carbocycles. The Bertz CT molecular complexity index is 656. The molecular formula is C15H20N4O3. The first kappa shape index (κ1) is 16.1. The molecule has 0 saturated heterocycles. The molecule has 118 valence electrons. The Hall–Kier alpha value is -2.25. The second kappa shape index (κ2) is 6.67. The zero-order chi connectivity index (χ0) is 16.3. The van der Waals surface area contributed by atoms with E-state index < -0.39 is 11.0 Å². The summed E-state index contributed by atoms with van der Waals surface area (Å²) in [4.78, 5) is 12.3. The number of aliphatic hydroxyl groups excluding tert-OH is 1. The number of aromatic nitrogens is 2. The van der Waals surface area contributed by atoms with Crippen LogP contribution in [0.3, 0.4) is 0 Å². The fraction of sp³-hybridized carbons (Fsp3) is 0.400. The molecule has 0 amide bonds. The van der Waals surface area contributed by atoms with Gasteiger partial charge in [0.15, 0.2) is 0 Å². The third-order valence-corrected chi connectivity index (χ3v) is 3.80. The molecule has 7 nitrogen and oxygen atoms in total. The van der Waals surface area contributed by atoms with Crippen molar-refractivity contribution < 1.29 is 10.0 Å². The molecule has 0 saturated carbocycles. The number of hydrogen-bond acceptors (Lipinski definition) is 5. The van der Waals surface area contributed by atoms with Gasteiger partial charge in [0.2, 0.25) is 0 Å². The number of nitro benzene ring substituents is 1. The SMILES string of the molecule is CC(c1cnn(C)c1)N(C)CC(O)c1cccc([N+](=O)[O-])c1. The predicted molar refractivity (Wildman–Crippen MR) is 82.3 cm³/mol. The van der Waals surface area contributed by atoms with E-state index in [9.17, 15) is 15.2 Å². The highest BCUT2D eigenvalue weighted by molar-refractivity contribution is 5.35. The Balaban J connectivity index is 2.06. The molecule has 2 atom stereocenters. The van der Waals surface area contributed by atoms with Crippen LogP contribution in [0.1, 0.15) is 30.2 Å². The average molecular weight is 304 g/mol. The fourth-order valence-electron chi connectivity index (χ4n) is 2.29. The highest BCUT2D eigenvalue weighted by Gasteiger charge is 2.19. The summed E-state index contributed by atoms with van der Waals surface area (Å²) in [5.41, 5.74) is 1.58. The quantitative estimate of drug-likeness (QED) is 0.652. The molecular weight excluding hydrogens is 284 g/mol. The minimum Gasteiger partial charge on any atom is -0.387 e. The average Bonchev–Trinajstić information content (AvgIpc) is 2.93. The van der Waals surface area contributed by atoms with Crippen molar-refractivity contribution in [3.63, 3.8) is 0 Å². The topological polar surface area (TPSA) is 84.4 Å². The first-order chi connectivity index (χ1) is 10.4. The summed E-state index contributed by atoms with van der Waals surface area (Å²) in [5, 5.41) is 25.3. The molecule has 2 rings (SSSR count). The summed E-state index contributed by atoms with van der Waals surface area (Å²) in [5.74, 6) is 0. The van der Waals surface area contributed by atoms with Crippen molar-refractivity contribution >= 4 is 5.69 Å². The summed E-state index contributed by atoms with van der Waals surface area (Å²) in [6.45, 7) is 2.40. The maximum atomic E-state index is 10.8. The first-order valence-corrected chi connectivity index (χ1v) is 6.99. The molecule has 0 aliphatic rings. The van der Waals surface area contributed by atoms with Crippen molar-refractivity contribution in [2.45, 2.75) is 19.1 Å². The van der Waals surface area contributed by atoms with Gasteiger partial charge in [0.1, 0.15) is 0 Å². The van der Waals surface area contributed by atoms with Crippen molar-refractivity contribution in [1.29, 1.82) is 0 Å². The summed E-state index contributed by atoms with van der Waals surface area (Å²) in [6, 6.07) is 6.19. The number of likely N-dealkylation sites (N-methyl/N-ethyl adjacent to an activating group) is 1. The lowest BCUT2D eigenvalue weighted by atomic mass is 10.1. The molecule has 22 heavy (non-hydrogen) atoms.